The molecule has 0 unspecified atom stereocenters. The fourth-order valence-corrected chi connectivity index (χ4v) is 2.55. The molecule has 1 amide bonds. The van der Waals surface area contributed by atoms with Crippen molar-refractivity contribution in [3.05, 3.63) is 53.3 Å². The normalized spacial score (nSPS) is 13.9. The molecule has 2 N–H and O–H groups in total. The summed E-state index contributed by atoms with van der Waals surface area (Å²) < 4.78 is 0. The molecule has 5 heteroatoms. The van der Waals surface area contributed by atoms with Crippen LogP contribution in [0.4, 0.5) is 5.69 Å². The number of amides is 1. The molecule has 2 aromatic rings. The van der Waals surface area contributed by atoms with Gasteiger partial charge in [-0.2, -0.15) is 0 Å². The van der Waals surface area contributed by atoms with E-state index in [9.17, 15) is 9.59 Å². The highest BCUT2D eigenvalue weighted by molar-refractivity contribution is 6.05. The summed E-state index contributed by atoms with van der Waals surface area (Å²) in [6, 6.07) is 8.44. The lowest BCUT2D eigenvalue weighted by Gasteiger charge is -2.29. The Kier molecular flexibility index (Phi) is 3.02. The molecule has 0 spiro atoms. The second-order valence-electron chi connectivity index (χ2n) is 4.79. The average Bonchev–Trinajstić information content (AvgIpc) is 2.99. The highest BCUT2D eigenvalue weighted by Crippen LogP contribution is 2.29. The number of rotatable bonds is 2. The summed E-state index contributed by atoms with van der Waals surface area (Å²) in [5.41, 5.74) is 2.52. The molecule has 1 aliphatic rings. The van der Waals surface area contributed by atoms with Crippen LogP contribution >= 0.6 is 0 Å². The van der Waals surface area contributed by atoms with Crippen LogP contribution in [-0.4, -0.2) is 28.5 Å². The monoisotopic (exact) mass is 270 g/mol. The van der Waals surface area contributed by atoms with Crippen molar-refractivity contribution in [1.29, 1.82) is 0 Å². The maximum atomic E-state index is 12.4. The summed E-state index contributed by atoms with van der Waals surface area (Å²) in [5, 5.41) is 9.03. The Morgan fingerprint density at radius 3 is 2.80 bits per heavy atom. The van der Waals surface area contributed by atoms with Crippen LogP contribution in [0.2, 0.25) is 0 Å². The van der Waals surface area contributed by atoms with Gasteiger partial charge < -0.3 is 15.0 Å². The van der Waals surface area contributed by atoms with Crippen molar-refractivity contribution < 1.29 is 14.7 Å². The molecular formula is C15H14N2O3. The van der Waals surface area contributed by atoms with E-state index in [2.05, 4.69) is 4.98 Å². The van der Waals surface area contributed by atoms with Crippen LogP contribution in [0.5, 0.6) is 0 Å². The zero-order chi connectivity index (χ0) is 14.1. The molecule has 5 nitrogen and oxygen atoms in total. The SMILES string of the molecule is O=C(O)c1ccc2c(c1)CCCN2C(=O)c1ccc[nH]1. The van der Waals surface area contributed by atoms with E-state index in [4.69, 9.17) is 5.11 Å². The molecule has 0 saturated carbocycles. The Morgan fingerprint density at radius 2 is 2.10 bits per heavy atom. The molecule has 3 rings (SSSR count). The Hall–Kier alpha value is -2.56. The number of aromatic amines is 1. The molecule has 20 heavy (non-hydrogen) atoms. The molecular weight excluding hydrogens is 256 g/mol. The van der Waals surface area contributed by atoms with Crippen molar-refractivity contribution in [1.82, 2.24) is 4.98 Å². The molecule has 1 aromatic heterocycles. The zero-order valence-electron chi connectivity index (χ0n) is 10.8. The molecule has 0 saturated heterocycles. The van der Waals surface area contributed by atoms with Gasteiger partial charge in [0.1, 0.15) is 5.69 Å². The van der Waals surface area contributed by atoms with Crippen molar-refractivity contribution in [2.75, 3.05) is 11.4 Å². The molecule has 102 valence electrons. The number of nitrogens with zero attached hydrogens (tertiary/aromatic N) is 1. The number of nitrogens with one attached hydrogen (secondary N) is 1. The second kappa shape index (κ2) is 4.85. The average molecular weight is 270 g/mol. The number of aromatic nitrogens is 1. The third-order valence-electron chi connectivity index (χ3n) is 3.52. The predicted molar refractivity (Wildman–Crippen MR) is 74.2 cm³/mol. The Morgan fingerprint density at radius 1 is 1.25 bits per heavy atom. The summed E-state index contributed by atoms with van der Waals surface area (Å²) >= 11 is 0. The number of benzene rings is 1. The smallest absolute Gasteiger partial charge is 0.335 e. The molecule has 1 aliphatic heterocycles. The van der Waals surface area contributed by atoms with Gasteiger partial charge in [0.2, 0.25) is 0 Å². The molecule has 0 bridgehead atoms. The first-order valence-electron chi connectivity index (χ1n) is 6.48. The first-order chi connectivity index (χ1) is 9.66. The van der Waals surface area contributed by atoms with E-state index < -0.39 is 5.97 Å². The summed E-state index contributed by atoms with van der Waals surface area (Å²) in [4.78, 5) is 28.0. The van der Waals surface area contributed by atoms with E-state index in [1.807, 2.05) is 0 Å². The molecule has 0 atom stereocenters. The lowest BCUT2D eigenvalue weighted by atomic mass is 9.99. The molecule has 1 aromatic carbocycles. The van der Waals surface area contributed by atoms with Crippen molar-refractivity contribution in [2.24, 2.45) is 0 Å². The van der Waals surface area contributed by atoms with E-state index in [0.29, 0.717) is 12.2 Å². The summed E-state index contributed by atoms with van der Waals surface area (Å²) in [5.74, 6) is -1.03. The highest BCUT2D eigenvalue weighted by Gasteiger charge is 2.24. The van der Waals surface area contributed by atoms with Crippen molar-refractivity contribution >= 4 is 17.6 Å². The molecule has 0 fully saturated rings. The number of aryl methyl sites for hydroxylation is 1. The van der Waals surface area contributed by atoms with Crippen molar-refractivity contribution in [3.8, 4) is 0 Å². The summed E-state index contributed by atoms with van der Waals surface area (Å²) in [7, 11) is 0. The fourth-order valence-electron chi connectivity index (χ4n) is 2.55. The number of anilines is 1. The number of aromatic carboxylic acids is 1. The largest absolute Gasteiger partial charge is 0.478 e. The first kappa shape index (κ1) is 12.5. The minimum absolute atomic E-state index is 0.0842. The minimum Gasteiger partial charge on any atom is -0.478 e. The van der Waals surface area contributed by atoms with Gasteiger partial charge in [-0.1, -0.05) is 0 Å². The van der Waals surface area contributed by atoms with Gasteiger partial charge in [-0.3, -0.25) is 4.79 Å². The van der Waals surface area contributed by atoms with Gasteiger partial charge in [0.05, 0.1) is 5.56 Å². The van der Waals surface area contributed by atoms with Crippen LogP contribution in [-0.2, 0) is 6.42 Å². The number of carboxylic acid groups (broad SMARTS) is 1. The first-order valence-corrected chi connectivity index (χ1v) is 6.48. The van der Waals surface area contributed by atoms with Gasteiger partial charge in [0.25, 0.3) is 5.91 Å². The van der Waals surface area contributed by atoms with Gasteiger partial charge in [-0.05, 0) is 48.7 Å². The number of fused-ring (bicyclic) bond motifs is 1. The quantitative estimate of drug-likeness (QED) is 0.879. The Balaban J connectivity index is 1.98. The van der Waals surface area contributed by atoms with Crippen LogP contribution in [0.25, 0.3) is 0 Å². The van der Waals surface area contributed by atoms with Gasteiger partial charge in [0, 0.05) is 18.4 Å². The highest BCUT2D eigenvalue weighted by atomic mass is 16.4. The molecule has 2 heterocycles. The molecule has 0 radical (unpaired) electrons. The zero-order valence-corrected chi connectivity index (χ0v) is 10.8. The van der Waals surface area contributed by atoms with Gasteiger partial charge in [-0.25, -0.2) is 4.79 Å². The van der Waals surface area contributed by atoms with Gasteiger partial charge in [0.15, 0.2) is 0 Å². The number of carbonyl (C=O) groups excluding carboxylic acids is 1. The number of H-pyrrole nitrogens is 1. The third-order valence-corrected chi connectivity index (χ3v) is 3.52. The maximum absolute atomic E-state index is 12.4. The van der Waals surface area contributed by atoms with Gasteiger partial charge in [-0.15, -0.1) is 0 Å². The topological polar surface area (TPSA) is 73.4 Å². The van der Waals surface area contributed by atoms with Crippen LogP contribution in [0, 0.1) is 0 Å². The lowest BCUT2D eigenvalue weighted by Crippen LogP contribution is -2.35. The standard InChI is InChI=1S/C15H14N2O3/c18-14(12-4-1-7-16-12)17-8-2-3-10-9-11(15(19)20)5-6-13(10)17/h1,4-7,9,16H,2-3,8H2,(H,19,20). The van der Waals surface area contributed by atoms with Crippen LogP contribution in [0.15, 0.2) is 36.5 Å². The second-order valence-corrected chi connectivity index (χ2v) is 4.79. The van der Waals surface area contributed by atoms with E-state index in [-0.39, 0.29) is 11.5 Å². The van der Waals surface area contributed by atoms with Gasteiger partial charge >= 0.3 is 5.97 Å². The van der Waals surface area contributed by atoms with Crippen molar-refractivity contribution in [2.45, 2.75) is 12.8 Å². The van der Waals surface area contributed by atoms with Crippen molar-refractivity contribution in [3.63, 3.8) is 0 Å². The van der Waals surface area contributed by atoms with Crippen LogP contribution in [0.1, 0.15) is 32.8 Å². The van der Waals surface area contributed by atoms with E-state index in [1.54, 1.807) is 41.4 Å². The van der Waals surface area contributed by atoms with E-state index in [0.717, 1.165) is 24.1 Å². The lowest BCUT2D eigenvalue weighted by molar-refractivity contribution is 0.0696. The Bertz CT molecular complexity index is 662. The number of carboxylic acids is 1. The van der Waals surface area contributed by atoms with E-state index >= 15 is 0 Å². The van der Waals surface area contributed by atoms with Crippen LogP contribution < -0.4 is 4.90 Å². The number of carbonyl (C=O) groups is 2. The van der Waals surface area contributed by atoms with Crippen LogP contribution in [0.3, 0.4) is 0 Å². The molecule has 0 aliphatic carbocycles. The summed E-state index contributed by atoms with van der Waals surface area (Å²) in [6.45, 7) is 0.650. The third kappa shape index (κ3) is 2.07. The maximum Gasteiger partial charge on any atom is 0.335 e. The summed E-state index contributed by atoms with van der Waals surface area (Å²) in [6.07, 6.45) is 3.35. The minimum atomic E-state index is -0.944. The fraction of sp³-hybridized carbons (Fsp3) is 0.200. The predicted octanol–water partition coefficient (Wildman–Crippen LogP) is 2.31. The number of hydrogen-bond donors (Lipinski definition) is 2. The Labute approximate surface area is 115 Å². The van der Waals surface area contributed by atoms with E-state index in [1.165, 1.54) is 0 Å². The number of hydrogen-bond acceptors (Lipinski definition) is 2.